The highest BCUT2D eigenvalue weighted by atomic mass is 19.1. The summed E-state index contributed by atoms with van der Waals surface area (Å²) >= 11 is 0. The van der Waals surface area contributed by atoms with Crippen LogP contribution in [0, 0.1) is 5.82 Å². The molecule has 31 heavy (non-hydrogen) atoms. The summed E-state index contributed by atoms with van der Waals surface area (Å²) in [5.41, 5.74) is 1.73. The van der Waals surface area contributed by atoms with Gasteiger partial charge < -0.3 is 14.8 Å². The third-order valence-electron chi connectivity index (χ3n) is 5.26. The van der Waals surface area contributed by atoms with Crippen LogP contribution in [-0.4, -0.2) is 61.4 Å². The molecule has 0 amide bonds. The molecule has 0 unspecified atom stereocenters. The van der Waals surface area contributed by atoms with Crippen molar-refractivity contribution in [2.75, 3.05) is 51.8 Å². The third kappa shape index (κ3) is 5.77. The average molecular weight is 423 g/mol. The zero-order valence-corrected chi connectivity index (χ0v) is 17.7. The number of methoxy groups -OCH3 is 1. The number of aromatic nitrogens is 2. The molecule has 0 radical (unpaired) electrons. The third-order valence-corrected chi connectivity index (χ3v) is 5.26. The molecule has 1 N–H and O–H groups in total. The van der Waals surface area contributed by atoms with Gasteiger partial charge in [0.1, 0.15) is 17.4 Å². The van der Waals surface area contributed by atoms with Gasteiger partial charge in [-0.05, 0) is 54.9 Å². The molecule has 6 nitrogen and oxygen atoms in total. The Labute approximate surface area is 181 Å². The molecule has 2 heterocycles. The van der Waals surface area contributed by atoms with E-state index in [1.165, 1.54) is 12.1 Å². The van der Waals surface area contributed by atoms with E-state index in [-0.39, 0.29) is 5.82 Å². The number of ether oxygens (including phenoxy) is 2. The van der Waals surface area contributed by atoms with Gasteiger partial charge in [-0.1, -0.05) is 18.2 Å². The minimum atomic E-state index is -0.297. The number of rotatable bonds is 8. The first-order valence-corrected chi connectivity index (χ1v) is 10.5. The number of fused-ring (bicyclic) bond motifs is 1. The van der Waals surface area contributed by atoms with Gasteiger partial charge in [0.05, 0.1) is 25.8 Å². The molecule has 0 spiro atoms. The first kappa shape index (κ1) is 21.2. The quantitative estimate of drug-likeness (QED) is 0.552. The van der Waals surface area contributed by atoms with Crippen molar-refractivity contribution in [3.63, 3.8) is 0 Å². The Balaban J connectivity index is 1.48. The van der Waals surface area contributed by atoms with E-state index < -0.39 is 0 Å². The van der Waals surface area contributed by atoms with E-state index in [0.29, 0.717) is 22.5 Å². The Morgan fingerprint density at radius 1 is 1.10 bits per heavy atom. The summed E-state index contributed by atoms with van der Waals surface area (Å²) in [6.45, 7) is 5.30. The van der Waals surface area contributed by atoms with Gasteiger partial charge in [0, 0.05) is 25.0 Å². The average Bonchev–Trinajstić information content (AvgIpc) is 2.81. The molecule has 3 aromatic rings. The molecule has 1 aliphatic rings. The van der Waals surface area contributed by atoms with E-state index >= 15 is 0 Å². The number of nitrogens with one attached hydrogen (secondary N) is 1. The molecule has 1 aliphatic heterocycles. The number of halogens is 1. The second-order valence-corrected chi connectivity index (χ2v) is 7.43. The molecule has 0 aliphatic carbocycles. The van der Waals surface area contributed by atoms with E-state index in [1.54, 1.807) is 13.2 Å². The van der Waals surface area contributed by atoms with Crippen LogP contribution in [0.4, 0.5) is 10.2 Å². The summed E-state index contributed by atoms with van der Waals surface area (Å²) in [6, 6.07) is 12.4. The van der Waals surface area contributed by atoms with E-state index in [0.717, 1.165) is 57.1 Å². The van der Waals surface area contributed by atoms with Crippen molar-refractivity contribution < 1.29 is 13.9 Å². The second kappa shape index (κ2) is 10.3. The summed E-state index contributed by atoms with van der Waals surface area (Å²) < 4.78 is 24.4. The Morgan fingerprint density at radius 2 is 1.90 bits per heavy atom. The van der Waals surface area contributed by atoms with Crippen molar-refractivity contribution in [1.29, 1.82) is 0 Å². The fourth-order valence-electron chi connectivity index (χ4n) is 3.55. The van der Waals surface area contributed by atoms with Gasteiger partial charge in [-0.3, -0.25) is 4.90 Å². The van der Waals surface area contributed by atoms with Crippen molar-refractivity contribution >= 4 is 28.9 Å². The number of benzene rings is 2. The number of morpholine rings is 1. The highest BCUT2D eigenvalue weighted by Crippen LogP contribution is 2.22. The number of anilines is 1. The monoisotopic (exact) mass is 422 g/mol. The van der Waals surface area contributed by atoms with Crippen molar-refractivity contribution in [1.82, 2.24) is 14.9 Å². The Kier molecular flexibility index (Phi) is 7.07. The number of hydrogen-bond donors (Lipinski definition) is 1. The Bertz CT molecular complexity index is 1030. The highest BCUT2D eigenvalue weighted by Gasteiger charge is 2.11. The van der Waals surface area contributed by atoms with Crippen molar-refractivity contribution in [3.05, 3.63) is 59.7 Å². The number of hydrogen-bond acceptors (Lipinski definition) is 6. The summed E-state index contributed by atoms with van der Waals surface area (Å²) in [4.78, 5) is 11.6. The molecule has 1 saturated heterocycles. The summed E-state index contributed by atoms with van der Waals surface area (Å²) in [5, 5.41) is 4.07. The van der Waals surface area contributed by atoms with Crippen molar-refractivity contribution in [2.45, 2.75) is 6.42 Å². The maximum atomic E-state index is 13.9. The second-order valence-electron chi connectivity index (χ2n) is 7.43. The van der Waals surface area contributed by atoms with Crippen molar-refractivity contribution in [3.8, 4) is 5.75 Å². The summed E-state index contributed by atoms with van der Waals surface area (Å²) in [6.07, 6.45) is 4.79. The van der Waals surface area contributed by atoms with Crippen molar-refractivity contribution in [2.24, 2.45) is 0 Å². The lowest BCUT2D eigenvalue weighted by Gasteiger charge is -2.26. The lowest BCUT2D eigenvalue weighted by molar-refractivity contribution is 0.0378. The van der Waals surface area contributed by atoms with Crippen LogP contribution in [0.5, 0.6) is 5.75 Å². The predicted octanol–water partition coefficient (Wildman–Crippen LogP) is 4.08. The first-order chi connectivity index (χ1) is 15.2. The molecule has 7 heteroatoms. The zero-order chi connectivity index (χ0) is 21.5. The van der Waals surface area contributed by atoms with Gasteiger partial charge in [-0.25, -0.2) is 14.4 Å². The predicted molar refractivity (Wildman–Crippen MR) is 122 cm³/mol. The first-order valence-electron chi connectivity index (χ1n) is 10.5. The van der Waals surface area contributed by atoms with Crippen LogP contribution in [0.2, 0.25) is 0 Å². The molecular formula is C24H27FN4O2. The minimum Gasteiger partial charge on any atom is -0.497 e. The molecule has 0 atom stereocenters. The van der Waals surface area contributed by atoms with Gasteiger partial charge in [-0.2, -0.15) is 0 Å². The van der Waals surface area contributed by atoms with E-state index in [4.69, 9.17) is 9.47 Å². The summed E-state index contributed by atoms with van der Waals surface area (Å²) in [5.74, 6) is 1.74. The van der Waals surface area contributed by atoms with Crippen LogP contribution in [0.25, 0.3) is 23.1 Å². The molecule has 4 rings (SSSR count). The maximum absolute atomic E-state index is 13.9. The maximum Gasteiger partial charge on any atom is 0.154 e. The molecule has 1 fully saturated rings. The lowest BCUT2D eigenvalue weighted by Crippen LogP contribution is -2.37. The highest BCUT2D eigenvalue weighted by molar-refractivity contribution is 5.90. The van der Waals surface area contributed by atoms with Crippen LogP contribution < -0.4 is 10.1 Å². The standard InChI is InChI=1S/C24H27FN4O2/c1-30-20-7-3-18(4-8-20)5-10-23-27-22-9-6-19(25)17-21(22)24(28-23)26-11-2-12-29-13-15-31-16-14-29/h3-10,17H,2,11-16H2,1H3,(H,26,27,28). The van der Waals surface area contributed by atoms with E-state index in [2.05, 4.69) is 20.2 Å². The lowest BCUT2D eigenvalue weighted by atomic mass is 10.2. The summed E-state index contributed by atoms with van der Waals surface area (Å²) in [7, 11) is 1.64. The number of nitrogens with zero attached hydrogens (tertiary/aromatic N) is 3. The van der Waals surface area contributed by atoms with Gasteiger partial charge in [0.2, 0.25) is 0 Å². The SMILES string of the molecule is COc1ccc(C=Cc2nc(NCCCN3CCOCC3)c3cc(F)ccc3n2)cc1. The fraction of sp³-hybridized carbons (Fsp3) is 0.333. The van der Waals surface area contributed by atoms with Gasteiger partial charge in [-0.15, -0.1) is 0 Å². The van der Waals surface area contributed by atoms with Gasteiger partial charge in [0.25, 0.3) is 0 Å². The van der Waals surface area contributed by atoms with Gasteiger partial charge in [0.15, 0.2) is 5.82 Å². The minimum absolute atomic E-state index is 0.297. The zero-order valence-electron chi connectivity index (χ0n) is 17.7. The molecule has 0 bridgehead atoms. The van der Waals surface area contributed by atoms with Crippen LogP contribution in [0.3, 0.4) is 0 Å². The molecular weight excluding hydrogens is 395 g/mol. The van der Waals surface area contributed by atoms with E-state index in [1.807, 2.05) is 36.4 Å². The molecule has 1 aromatic heterocycles. The van der Waals surface area contributed by atoms with Gasteiger partial charge >= 0.3 is 0 Å². The smallest absolute Gasteiger partial charge is 0.154 e. The van der Waals surface area contributed by atoms with Crippen LogP contribution in [0.1, 0.15) is 17.8 Å². The molecule has 162 valence electrons. The molecule has 0 saturated carbocycles. The normalized spacial score (nSPS) is 14.9. The van der Waals surface area contributed by atoms with E-state index in [9.17, 15) is 4.39 Å². The largest absolute Gasteiger partial charge is 0.497 e. The Hall–Kier alpha value is -3.03. The molecule has 2 aromatic carbocycles. The fourth-order valence-corrected chi connectivity index (χ4v) is 3.55. The van der Waals surface area contributed by atoms with Crippen LogP contribution in [-0.2, 0) is 4.74 Å². The van der Waals surface area contributed by atoms with Crippen LogP contribution >= 0.6 is 0 Å². The van der Waals surface area contributed by atoms with Crippen LogP contribution in [0.15, 0.2) is 42.5 Å². The Morgan fingerprint density at radius 3 is 2.68 bits per heavy atom. The topological polar surface area (TPSA) is 59.5 Å².